The Labute approximate surface area is 175 Å². The molecule has 0 saturated carbocycles. The van der Waals surface area contributed by atoms with Crippen LogP contribution in [0.15, 0.2) is 54.6 Å². The van der Waals surface area contributed by atoms with E-state index in [0.717, 1.165) is 34.4 Å². The van der Waals surface area contributed by atoms with Crippen LogP contribution in [0.1, 0.15) is 38.9 Å². The lowest BCUT2D eigenvalue weighted by molar-refractivity contribution is -0.137. The van der Waals surface area contributed by atoms with E-state index in [-0.39, 0.29) is 11.6 Å². The molecule has 0 nitrogen and oxygen atoms in total. The third kappa shape index (κ3) is 9.21. The minimum absolute atomic E-state index is 0.124. The van der Waals surface area contributed by atoms with E-state index in [1.54, 1.807) is 32.9 Å². The molecule has 0 bridgehead atoms. The van der Waals surface area contributed by atoms with Gasteiger partial charge in [-0.25, -0.2) is 8.78 Å². The molecule has 0 spiro atoms. The summed E-state index contributed by atoms with van der Waals surface area (Å²) in [6.45, 7) is 10.8. The van der Waals surface area contributed by atoms with Crippen molar-refractivity contribution >= 4 is 0 Å². The first-order chi connectivity index (χ1) is 13.8. The predicted molar refractivity (Wildman–Crippen MR) is 113 cm³/mol. The summed E-state index contributed by atoms with van der Waals surface area (Å²) < 4.78 is 61.4. The quantitative estimate of drug-likeness (QED) is 0.320. The molecule has 0 unspecified atom stereocenters. The van der Waals surface area contributed by atoms with Crippen LogP contribution in [0.2, 0.25) is 0 Å². The highest BCUT2D eigenvalue weighted by molar-refractivity contribution is 5.30. The maximum absolute atomic E-state index is 12.5. The maximum atomic E-state index is 12.5. The lowest BCUT2D eigenvalue weighted by atomic mass is 10.1. The summed E-state index contributed by atoms with van der Waals surface area (Å²) in [4.78, 5) is 0. The first-order valence-corrected chi connectivity index (χ1v) is 9.40. The molecule has 0 aliphatic heterocycles. The molecule has 3 rings (SSSR count). The molecule has 0 saturated heterocycles. The molecule has 0 radical (unpaired) electrons. The second-order valence-corrected chi connectivity index (χ2v) is 7.43. The minimum atomic E-state index is -4.23. The molecule has 0 N–H and O–H groups in total. The van der Waals surface area contributed by atoms with Crippen molar-refractivity contribution < 1.29 is 22.0 Å². The SMILES string of the molecule is Cc1cc(C)cc(C(F)(F)F)c1.Cc1cc(C)cc(F)c1.Cc1ccc(F)c(C)c1. The van der Waals surface area contributed by atoms with Crippen LogP contribution in [0.25, 0.3) is 0 Å². The fourth-order valence-corrected chi connectivity index (χ4v) is 2.85. The highest BCUT2D eigenvalue weighted by Gasteiger charge is 2.30. The molecule has 30 heavy (non-hydrogen) atoms. The first-order valence-electron chi connectivity index (χ1n) is 9.40. The number of hydrogen-bond donors (Lipinski definition) is 0. The Morgan fingerprint density at radius 1 is 0.533 bits per heavy atom. The van der Waals surface area contributed by atoms with Crippen molar-refractivity contribution in [2.75, 3.05) is 0 Å². The van der Waals surface area contributed by atoms with Crippen LogP contribution >= 0.6 is 0 Å². The molecule has 0 amide bonds. The summed E-state index contributed by atoms with van der Waals surface area (Å²) in [5, 5.41) is 0. The zero-order valence-corrected chi connectivity index (χ0v) is 18.1. The van der Waals surface area contributed by atoms with Crippen molar-refractivity contribution in [3.63, 3.8) is 0 Å². The number of rotatable bonds is 0. The van der Waals surface area contributed by atoms with Crippen LogP contribution in [0.5, 0.6) is 0 Å². The Kier molecular flexibility index (Phi) is 9.22. The normalized spacial score (nSPS) is 10.5. The molecule has 0 aliphatic carbocycles. The van der Waals surface area contributed by atoms with Gasteiger partial charge >= 0.3 is 6.18 Å². The maximum Gasteiger partial charge on any atom is 0.416 e. The molecule has 162 valence electrons. The van der Waals surface area contributed by atoms with Crippen molar-refractivity contribution in [1.82, 2.24) is 0 Å². The summed E-state index contributed by atoms with van der Waals surface area (Å²) >= 11 is 0. The van der Waals surface area contributed by atoms with Crippen LogP contribution in [0.3, 0.4) is 0 Å². The third-order valence-electron chi connectivity index (χ3n) is 4.05. The molecule has 0 aliphatic rings. The van der Waals surface area contributed by atoms with E-state index in [0.29, 0.717) is 11.1 Å². The Hall–Kier alpha value is -2.69. The van der Waals surface area contributed by atoms with E-state index in [4.69, 9.17) is 0 Å². The van der Waals surface area contributed by atoms with Gasteiger partial charge in [-0.05, 0) is 88.6 Å². The Morgan fingerprint density at radius 3 is 1.30 bits per heavy atom. The molecule has 0 heterocycles. The van der Waals surface area contributed by atoms with E-state index in [2.05, 4.69) is 0 Å². The number of halogens is 5. The molecule has 0 fully saturated rings. The number of aryl methyl sites for hydroxylation is 6. The van der Waals surface area contributed by atoms with E-state index in [1.165, 1.54) is 18.2 Å². The van der Waals surface area contributed by atoms with Gasteiger partial charge in [0.25, 0.3) is 0 Å². The number of alkyl halides is 3. The first kappa shape index (κ1) is 25.3. The van der Waals surface area contributed by atoms with Crippen molar-refractivity contribution in [3.05, 3.63) is 105 Å². The molecule has 0 aromatic heterocycles. The number of benzene rings is 3. The molecule has 3 aromatic carbocycles. The van der Waals surface area contributed by atoms with Gasteiger partial charge in [-0.2, -0.15) is 13.2 Å². The summed E-state index contributed by atoms with van der Waals surface area (Å²) in [5.41, 5.74) is 4.49. The minimum Gasteiger partial charge on any atom is -0.207 e. The third-order valence-corrected chi connectivity index (χ3v) is 4.05. The zero-order valence-electron chi connectivity index (χ0n) is 18.1. The second kappa shape index (κ2) is 10.9. The Bertz CT molecular complexity index is 901. The molecular weight excluding hydrogens is 395 g/mol. The molecule has 3 aromatic rings. The Balaban J connectivity index is 0.000000229. The van der Waals surface area contributed by atoms with E-state index in [1.807, 2.05) is 32.9 Å². The highest BCUT2D eigenvalue weighted by Crippen LogP contribution is 2.30. The largest absolute Gasteiger partial charge is 0.416 e. The van der Waals surface area contributed by atoms with Gasteiger partial charge in [0, 0.05) is 0 Å². The van der Waals surface area contributed by atoms with Crippen LogP contribution in [0, 0.1) is 53.2 Å². The monoisotopic (exact) mass is 422 g/mol. The van der Waals surface area contributed by atoms with Gasteiger partial charge < -0.3 is 0 Å². The summed E-state index contributed by atoms with van der Waals surface area (Å²) in [6.07, 6.45) is -4.23. The summed E-state index contributed by atoms with van der Waals surface area (Å²) in [7, 11) is 0. The summed E-state index contributed by atoms with van der Waals surface area (Å²) in [5.74, 6) is -0.270. The standard InChI is InChI=1S/C9H9F3.2C8H9F/c1-6-3-7(2)5-8(4-6)9(10,11)12;1-6-3-7(2)5-8(9)4-6;1-6-3-4-8(9)7(2)5-6/h3-5H,1-2H3;2*3-5H,1-2H3. The zero-order chi connectivity index (χ0) is 23.1. The van der Waals surface area contributed by atoms with E-state index in [9.17, 15) is 22.0 Å². The fourth-order valence-electron chi connectivity index (χ4n) is 2.85. The lowest BCUT2D eigenvalue weighted by Crippen LogP contribution is -2.05. The van der Waals surface area contributed by atoms with Gasteiger partial charge in [0.2, 0.25) is 0 Å². The highest BCUT2D eigenvalue weighted by atomic mass is 19.4. The van der Waals surface area contributed by atoms with Crippen LogP contribution in [-0.2, 0) is 6.18 Å². The van der Waals surface area contributed by atoms with Crippen molar-refractivity contribution in [2.45, 2.75) is 47.7 Å². The van der Waals surface area contributed by atoms with Crippen LogP contribution in [-0.4, -0.2) is 0 Å². The topological polar surface area (TPSA) is 0 Å². The smallest absolute Gasteiger partial charge is 0.207 e. The van der Waals surface area contributed by atoms with Crippen molar-refractivity contribution in [3.8, 4) is 0 Å². The molecule has 5 heteroatoms. The van der Waals surface area contributed by atoms with E-state index >= 15 is 0 Å². The van der Waals surface area contributed by atoms with Crippen LogP contribution in [0.4, 0.5) is 22.0 Å². The van der Waals surface area contributed by atoms with Gasteiger partial charge in [0.05, 0.1) is 5.56 Å². The average Bonchev–Trinajstić information content (AvgIpc) is 2.57. The van der Waals surface area contributed by atoms with E-state index < -0.39 is 11.7 Å². The fraction of sp³-hybridized carbons (Fsp3) is 0.280. The van der Waals surface area contributed by atoms with Gasteiger partial charge in [0.1, 0.15) is 11.6 Å². The predicted octanol–water partition coefficient (Wildman–Crippen LogP) is 8.21. The van der Waals surface area contributed by atoms with Crippen LogP contribution < -0.4 is 0 Å². The van der Waals surface area contributed by atoms with Gasteiger partial charge in [-0.1, -0.05) is 41.0 Å². The van der Waals surface area contributed by atoms with Crippen molar-refractivity contribution in [1.29, 1.82) is 0 Å². The molecular formula is C25H27F5. The number of hydrogen-bond acceptors (Lipinski definition) is 0. The van der Waals surface area contributed by atoms with Gasteiger partial charge in [-0.3, -0.25) is 0 Å². The lowest BCUT2D eigenvalue weighted by Gasteiger charge is -2.08. The van der Waals surface area contributed by atoms with Gasteiger partial charge in [-0.15, -0.1) is 0 Å². The Morgan fingerprint density at radius 2 is 0.967 bits per heavy atom. The summed E-state index contributed by atoms with van der Waals surface area (Å²) in [6, 6.07) is 14.1. The van der Waals surface area contributed by atoms with Gasteiger partial charge in [0.15, 0.2) is 0 Å². The van der Waals surface area contributed by atoms with Crippen molar-refractivity contribution in [2.24, 2.45) is 0 Å². The second-order valence-electron chi connectivity index (χ2n) is 7.43. The average molecular weight is 422 g/mol. The molecule has 0 atom stereocenters.